The minimum Gasteiger partial charge on any atom is -0.493 e. The minimum absolute atomic E-state index is 0.303. The van der Waals surface area contributed by atoms with Crippen LogP contribution < -0.4 is 20.7 Å². The summed E-state index contributed by atoms with van der Waals surface area (Å²) in [6.07, 6.45) is 0. The molecule has 0 saturated carbocycles. The molecule has 0 radical (unpaired) electrons. The fourth-order valence-corrected chi connectivity index (χ4v) is 1.21. The molecule has 0 saturated heterocycles. The van der Waals surface area contributed by atoms with Crippen LogP contribution in [0, 0.1) is 0 Å². The second-order valence-electron chi connectivity index (χ2n) is 3.26. The summed E-state index contributed by atoms with van der Waals surface area (Å²) in [6, 6.07) is 4.61. The van der Waals surface area contributed by atoms with Crippen molar-refractivity contribution in [3.63, 3.8) is 0 Å². The summed E-state index contributed by atoms with van der Waals surface area (Å²) in [4.78, 5) is 26.6. The van der Waals surface area contributed by atoms with Gasteiger partial charge in [0.25, 0.3) is 5.91 Å². The molecule has 98 valence electrons. The number of methoxy groups -OCH3 is 2. The highest BCUT2D eigenvalue weighted by Crippen LogP contribution is 2.27. The second kappa shape index (κ2) is 6.45. The van der Waals surface area contributed by atoms with E-state index in [0.29, 0.717) is 17.1 Å². The molecule has 0 atom stereocenters. The van der Waals surface area contributed by atoms with E-state index in [9.17, 15) is 9.59 Å². The van der Waals surface area contributed by atoms with Crippen LogP contribution in [0.1, 0.15) is 10.4 Å². The number of hydrogen-bond donors (Lipinski definition) is 2. The normalized spacial score (nSPS) is 9.67. The molecule has 0 bridgehead atoms. The first-order chi connectivity index (χ1) is 8.58. The van der Waals surface area contributed by atoms with Gasteiger partial charge in [-0.05, 0) is 18.2 Å². The molecule has 3 N–H and O–H groups in total. The Labute approximate surface area is 104 Å². The Morgan fingerprint density at radius 2 is 1.89 bits per heavy atom. The molecule has 1 aromatic carbocycles. The topological polar surface area (TPSA) is 99.9 Å². The van der Waals surface area contributed by atoms with Crippen LogP contribution in [0.5, 0.6) is 11.5 Å². The first-order valence-corrected chi connectivity index (χ1v) is 5.01. The van der Waals surface area contributed by atoms with E-state index in [1.54, 1.807) is 6.07 Å². The molecule has 0 aromatic heterocycles. The smallest absolute Gasteiger partial charge is 0.274 e. The molecule has 7 nitrogen and oxygen atoms in total. The molecule has 1 rings (SSSR count). The maximum absolute atomic E-state index is 11.6. The van der Waals surface area contributed by atoms with E-state index >= 15 is 0 Å². The number of primary amides is 1. The van der Waals surface area contributed by atoms with Crippen LogP contribution in [-0.4, -0.2) is 32.6 Å². The zero-order valence-corrected chi connectivity index (χ0v) is 10.1. The van der Waals surface area contributed by atoms with Crippen LogP contribution in [0.2, 0.25) is 0 Å². The van der Waals surface area contributed by atoms with Crippen molar-refractivity contribution in [3.8, 4) is 11.5 Å². The van der Waals surface area contributed by atoms with Crippen molar-refractivity contribution >= 4 is 11.8 Å². The molecule has 0 spiro atoms. The van der Waals surface area contributed by atoms with Crippen molar-refractivity contribution in [2.75, 3.05) is 20.8 Å². The Hall–Kier alpha value is -2.28. The number of benzene rings is 1. The first-order valence-electron chi connectivity index (χ1n) is 5.01. The van der Waals surface area contributed by atoms with E-state index in [-0.39, 0.29) is 6.61 Å². The number of rotatable bonds is 6. The highest BCUT2D eigenvalue weighted by atomic mass is 16.7. The maximum atomic E-state index is 11.6. The molecule has 0 fully saturated rings. The van der Waals surface area contributed by atoms with Crippen molar-refractivity contribution in [2.45, 2.75) is 0 Å². The number of carbonyl (C=O) groups is 2. The Balaban J connectivity index is 2.71. The van der Waals surface area contributed by atoms with Gasteiger partial charge in [0.1, 0.15) is 0 Å². The van der Waals surface area contributed by atoms with Gasteiger partial charge < -0.3 is 15.2 Å². The molecular weight excluding hydrogens is 240 g/mol. The second-order valence-corrected chi connectivity index (χ2v) is 3.26. The van der Waals surface area contributed by atoms with Crippen molar-refractivity contribution in [2.24, 2.45) is 5.73 Å². The SMILES string of the molecule is COc1ccc(C(=O)NOCC(N)=O)cc1OC. The number of carbonyl (C=O) groups excluding carboxylic acids is 2. The van der Waals surface area contributed by atoms with Gasteiger partial charge >= 0.3 is 0 Å². The van der Waals surface area contributed by atoms with E-state index in [2.05, 4.69) is 10.3 Å². The molecular formula is C11H14N2O5. The molecule has 2 amide bonds. The van der Waals surface area contributed by atoms with Crippen molar-refractivity contribution in [3.05, 3.63) is 23.8 Å². The summed E-state index contributed by atoms with van der Waals surface area (Å²) in [5, 5.41) is 0. The van der Waals surface area contributed by atoms with Crippen LogP contribution in [0.25, 0.3) is 0 Å². The van der Waals surface area contributed by atoms with Gasteiger partial charge in [-0.25, -0.2) is 5.48 Å². The number of ether oxygens (including phenoxy) is 2. The predicted molar refractivity (Wildman–Crippen MR) is 62.2 cm³/mol. The zero-order valence-electron chi connectivity index (χ0n) is 10.1. The van der Waals surface area contributed by atoms with Gasteiger partial charge in [-0.3, -0.25) is 14.4 Å². The van der Waals surface area contributed by atoms with E-state index in [0.717, 1.165) is 0 Å². The third kappa shape index (κ3) is 3.63. The standard InChI is InChI=1S/C11H14N2O5/c1-16-8-4-3-7(5-9(8)17-2)11(15)13-18-6-10(12)14/h3-5H,6H2,1-2H3,(H2,12,14)(H,13,15). The van der Waals surface area contributed by atoms with Crippen LogP contribution in [0.15, 0.2) is 18.2 Å². The van der Waals surface area contributed by atoms with Crippen LogP contribution in [0.4, 0.5) is 0 Å². The highest BCUT2D eigenvalue weighted by molar-refractivity contribution is 5.94. The van der Waals surface area contributed by atoms with Crippen LogP contribution >= 0.6 is 0 Å². The van der Waals surface area contributed by atoms with E-state index in [1.807, 2.05) is 0 Å². The Kier molecular flexibility index (Phi) is 4.94. The van der Waals surface area contributed by atoms with Gasteiger partial charge in [0, 0.05) is 5.56 Å². The number of nitrogens with one attached hydrogen (secondary N) is 1. The Morgan fingerprint density at radius 3 is 2.44 bits per heavy atom. The molecule has 18 heavy (non-hydrogen) atoms. The van der Waals surface area contributed by atoms with E-state index in [4.69, 9.17) is 15.2 Å². The number of hydrogen-bond acceptors (Lipinski definition) is 5. The fourth-order valence-electron chi connectivity index (χ4n) is 1.21. The quantitative estimate of drug-likeness (QED) is 0.688. The summed E-state index contributed by atoms with van der Waals surface area (Å²) in [6.45, 7) is -0.390. The maximum Gasteiger partial charge on any atom is 0.274 e. The minimum atomic E-state index is -0.678. The lowest BCUT2D eigenvalue weighted by molar-refractivity contribution is -0.124. The third-order valence-corrected chi connectivity index (χ3v) is 2.03. The lowest BCUT2D eigenvalue weighted by Crippen LogP contribution is -2.29. The summed E-state index contributed by atoms with van der Waals surface area (Å²) in [7, 11) is 2.96. The molecule has 0 aliphatic carbocycles. The summed E-state index contributed by atoms with van der Waals surface area (Å²) in [5.74, 6) is -0.271. The zero-order chi connectivity index (χ0) is 13.5. The van der Waals surface area contributed by atoms with Crippen molar-refractivity contribution < 1.29 is 23.9 Å². The average Bonchev–Trinajstić information content (AvgIpc) is 2.37. The van der Waals surface area contributed by atoms with Gasteiger partial charge in [-0.1, -0.05) is 0 Å². The Bertz CT molecular complexity index is 447. The molecule has 0 unspecified atom stereocenters. The lowest BCUT2D eigenvalue weighted by atomic mass is 10.2. The highest BCUT2D eigenvalue weighted by Gasteiger charge is 2.10. The third-order valence-electron chi connectivity index (χ3n) is 2.03. The first kappa shape index (κ1) is 13.8. The largest absolute Gasteiger partial charge is 0.493 e. The molecule has 0 aliphatic heterocycles. The van der Waals surface area contributed by atoms with Gasteiger partial charge in [-0.2, -0.15) is 0 Å². The van der Waals surface area contributed by atoms with Crippen LogP contribution in [-0.2, 0) is 9.63 Å². The number of amides is 2. The molecule has 0 aliphatic rings. The number of hydroxylamine groups is 1. The van der Waals surface area contributed by atoms with Crippen molar-refractivity contribution in [1.82, 2.24) is 5.48 Å². The van der Waals surface area contributed by atoms with E-state index < -0.39 is 11.8 Å². The van der Waals surface area contributed by atoms with Gasteiger partial charge in [-0.15, -0.1) is 0 Å². The summed E-state index contributed by atoms with van der Waals surface area (Å²) in [5.41, 5.74) is 7.23. The monoisotopic (exact) mass is 254 g/mol. The molecule has 0 heterocycles. The van der Waals surface area contributed by atoms with Crippen molar-refractivity contribution in [1.29, 1.82) is 0 Å². The predicted octanol–water partition coefficient (Wildman–Crippen LogP) is -0.150. The number of nitrogens with two attached hydrogens (primary N) is 1. The Morgan fingerprint density at radius 1 is 1.22 bits per heavy atom. The molecule has 1 aromatic rings. The van der Waals surface area contributed by atoms with Gasteiger partial charge in [0.2, 0.25) is 5.91 Å². The fraction of sp³-hybridized carbons (Fsp3) is 0.273. The van der Waals surface area contributed by atoms with Crippen LogP contribution in [0.3, 0.4) is 0 Å². The summed E-state index contributed by atoms with van der Waals surface area (Å²) >= 11 is 0. The van der Waals surface area contributed by atoms with Gasteiger partial charge in [0.15, 0.2) is 18.1 Å². The molecule has 7 heteroatoms. The lowest BCUT2D eigenvalue weighted by Gasteiger charge is -2.09. The van der Waals surface area contributed by atoms with Gasteiger partial charge in [0.05, 0.1) is 14.2 Å². The summed E-state index contributed by atoms with van der Waals surface area (Å²) < 4.78 is 10.1. The average molecular weight is 254 g/mol. The van der Waals surface area contributed by atoms with E-state index in [1.165, 1.54) is 26.4 Å².